The molecule has 0 aliphatic rings. The third-order valence-corrected chi connectivity index (χ3v) is 3.34. The SMILES string of the molecule is FC(F)C(F)(F)CNCc1csc(-c2ccccn2)n1. The molecule has 0 aromatic carbocycles. The lowest BCUT2D eigenvalue weighted by Crippen LogP contribution is -2.38. The number of aromatic nitrogens is 2. The molecule has 2 rings (SSSR count). The molecule has 0 saturated heterocycles. The summed E-state index contributed by atoms with van der Waals surface area (Å²) in [5, 5.41) is 4.62. The van der Waals surface area contributed by atoms with E-state index in [0.29, 0.717) is 16.4 Å². The zero-order valence-corrected chi connectivity index (χ0v) is 11.0. The summed E-state index contributed by atoms with van der Waals surface area (Å²) in [5.41, 5.74) is 1.20. The molecule has 108 valence electrons. The van der Waals surface area contributed by atoms with Crippen molar-refractivity contribution in [1.29, 1.82) is 0 Å². The average molecular weight is 305 g/mol. The van der Waals surface area contributed by atoms with Crippen LogP contribution in [0.2, 0.25) is 0 Å². The number of rotatable bonds is 6. The Hall–Kier alpha value is -1.54. The van der Waals surface area contributed by atoms with Crippen LogP contribution < -0.4 is 5.32 Å². The van der Waals surface area contributed by atoms with E-state index in [1.165, 1.54) is 11.3 Å². The Labute approximate surface area is 116 Å². The van der Waals surface area contributed by atoms with Crippen molar-refractivity contribution in [1.82, 2.24) is 15.3 Å². The fraction of sp³-hybridized carbons (Fsp3) is 0.333. The summed E-state index contributed by atoms with van der Waals surface area (Å²) >= 11 is 1.32. The Bertz CT molecular complexity index is 545. The molecule has 0 radical (unpaired) electrons. The Morgan fingerprint density at radius 1 is 1.30 bits per heavy atom. The van der Waals surface area contributed by atoms with Gasteiger partial charge in [0, 0.05) is 18.1 Å². The zero-order chi connectivity index (χ0) is 14.6. The Balaban J connectivity index is 1.91. The van der Waals surface area contributed by atoms with Gasteiger partial charge < -0.3 is 5.32 Å². The van der Waals surface area contributed by atoms with E-state index in [2.05, 4.69) is 15.3 Å². The lowest BCUT2D eigenvalue weighted by Gasteiger charge is -2.15. The van der Waals surface area contributed by atoms with Crippen molar-refractivity contribution < 1.29 is 17.6 Å². The van der Waals surface area contributed by atoms with E-state index in [-0.39, 0.29) is 6.54 Å². The number of hydrogen-bond donors (Lipinski definition) is 1. The third-order valence-electron chi connectivity index (χ3n) is 2.42. The van der Waals surface area contributed by atoms with Gasteiger partial charge in [-0.15, -0.1) is 11.3 Å². The summed E-state index contributed by atoms with van der Waals surface area (Å²) in [6, 6.07) is 5.36. The molecular formula is C12H11F4N3S. The van der Waals surface area contributed by atoms with Crippen molar-refractivity contribution in [3.8, 4) is 10.7 Å². The largest absolute Gasteiger partial charge is 0.319 e. The van der Waals surface area contributed by atoms with Crippen LogP contribution in [0.25, 0.3) is 10.7 Å². The summed E-state index contributed by atoms with van der Waals surface area (Å²) < 4.78 is 49.3. The molecular weight excluding hydrogens is 294 g/mol. The fourth-order valence-corrected chi connectivity index (χ4v) is 2.22. The van der Waals surface area contributed by atoms with Crippen LogP contribution in [-0.2, 0) is 6.54 Å². The minimum Gasteiger partial charge on any atom is -0.305 e. The average Bonchev–Trinajstić information content (AvgIpc) is 2.88. The predicted molar refractivity (Wildman–Crippen MR) is 68.0 cm³/mol. The first-order valence-corrected chi connectivity index (χ1v) is 6.59. The molecule has 0 atom stereocenters. The quantitative estimate of drug-likeness (QED) is 0.833. The van der Waals surface area contributed by atoms with Crippen molar-refractivity contribution in [2.24, 2.45) is 0 Å². The van der Waals surface area contributed by atoms with Gasteiger partial charge in [-0.25, -0.2) is 13.8 Å². The van der Waals surface area contributed by atoms with Crippen LogP contribution in [0, 0.1) is 0 Å². The smallest absolute Gasteiger partial charge is 0.305 e. The highest BCUT2D eigenvalue weighted by Crippen LogP contribution is 2.23. The monoisotopic (exact) mass is 305 g/mol. The van der Waals surface area contributed by atoms with Gasteiger partial charge in [0.15, 0.2) is 0 Å². The molecule has 2 aromatic rings. The predicted octanol–water partition coefficient (Wildman–Crippen LogP) is 3.20. The van der Waals surface area contributed by atoms with E-state index >= 15 is 0 Å². The van der Waals surface area contributed by atoms with Gasteiger partial charge in [0.2, 0.25) is 0 Å². The lowest BCUT2D eigenvalue weighted by molar-refractivity contribution is -0.125. The summed E-state index contributed by atoms with van der Waals surface area (Å²) in [6.45, 7) is -1.08. The van der Waals surface area contributed by atoms with E-state index in [1.807, 2.05) is 6.07 Å². The highest BCUT2D eigenvalue weighted by molar-refractivity contribution is 7.13. The topological polar surface area (TPSA) is 37.8 Å². The maximum atomic E-state index is 12.7. The molecule has 2 heterocycles. The van der Waals surface area contributed by atoms with Crippen LogP contribution in [0.15, 0.2) is 29.8 Å². The van der Waals surface area contributed by atoms with E-state index in [0.717, 1.165) is 0 Å². The summed E-state index contributed by atoms with van der Waals surface area (Å²) in [6.07, 6.45) is -2.05. The van der Waals surface area contributed by atoms with Gasteiger partial charge in [-0.05, 0) is 12.1 Å². The van der Waals surface area contributed by atoms with Crippen LogP contribution in [0.1, 0.15) is 5.69 Å². The molecule has 8 heteroatoms. The van der Waals surface area contributed by atoms with Crippen molar-refractivity contribution in [2.75, 3.05) is 6.54 Å². The lowest BCUT2D eigenvalue weighted by atomic mass is 10.3. The highest BCUT2D eigenvalue weighted by atomic mass is 32.1. The van der Waals surface area contributed by atoms with Gasteiger partial charge in [0.25, 0.3) is 0 Å². The van der Waals surface area contributed by atoms with Crippen LogP contribution >= 0.6 is 11.3 Å². The molecule has 0 amide bonds. The fourth-order valence-electron chi connectivity index (χ4n) is 1.43. The zero-order valence-electron chi connectivity index (χ0n) is 10.2. The molecule has 0 bridgehead atoms. The van der Waals surface area contributed by atoms with Crippen LogP contribution in [-0.4, -0.2) is 28.9 Å². The van der Waals surface area contributed by atoms with Crippen molar-refractivity contribution >= 4 is 11.3 Å². The van der Waals surface area contributed by atoms with E-state index < -0.39 is 18.9 Å². The second-order valence-electron chi connectivity index (χ2n) is 4.02. The van der Waals surface area contributed by atoms with Gasteiger partial charge in [-0.1, -0.05) is 6.07 Å². The number of hydrogen-bond acceptors (Lipinski definition) is 4. The Kier molecular flexibility index (Phi) is 4.66. The Morgan fingerprint density at radius 3 is 2.75 bits per heavy atom. The van der Waals surface area contributed by atoms with Crippen molar-refractivity contribution in [2.45, 2.75) is 18.9 Å². The minimum absolute atomic E-state index is 0.00560. The van der Waals surface area contributed by atoms with Gasteiger partial charge >= 0.3 is 12.3 Å². The number of halogens is 4. The Morgan fingerprint density at radius 2 is 2.10 bits per heavy atom. The molecule has 0 saturated carbocycles. The summed E-state index contributed by atoms with van der Waals surface area (Å²) in [4.78, 5) is 8.32. The molecule has 0 aliphatic heterocycles. The molecule has 0 unspecified atom stereocenters. The van der Waals surface area contributed by atoms with Crippen LogP contribution in [0.3, 0.4) is 0 Å². The molecule has 0 aliphatic carbocycles. The maximum Gasteiger partial charge on any atom is 0.319 e. The number of alkyl halides is 4. The standard InChI is InChI=1S/C12H11F4N3S/c13-11(14)12(15,16)7-17-5-8-6-20-10(19-8)9-3-1-2-4-18-9/h1-4,6,11,17H,5,7H2. The van der Waals surface area contributed by atoms with Gasteiger partial charge in [0.05, 0.1) is 17.9 Å². The van der Waals surface area contributed by atoms with Gasteiger partial charge in [-0.2, -0.15) is 8.78 Å². The van der Waals surface area contributed by atoms with Crippen LogP contribution in [0.5, 0.6) is 0 Å². The van der Waals surface area contributed by atoms with Crippen LogP contribution in [0.4, 0.5) is 17.6 Å². The van der Waals surface area contributed by atoms with Gasteiger partial charge in [0.1, 0.15) is 5.01 Å². The third kappa shape index (κ3) is 3.73. The van der Waals surface area contributed by atoms with E-state index in [1.54, 1.807) is 23.7 Å². The number of thiazole rings is 1. The second kappa shape index (κ2) is 6.27. The first kappa shape index (κ1) is 14.9. The first-order chi connectivity index (χ1) is 9.49. The van der Waals surface area contributed by atoms with Crippen molar-refractivity contribution in [3.05, 3.63) is 35.5 Å². The molecule has 1 N–H and O–H groups in total. The second-order valence-corrected chi connectivity index (χ2v) is 4.88. The van der Waals surface area contributed by atoms with E-state index in [9.17, 15) is 17.6 Å². The molecule has 3 nitrogen and oxygen atoms in total. The number of pyridine rings is 1. The summed E-state index contributed by atoms with van der Waals surface area (Å²) in [5.74, 6) is -4.03. The molecule has 20 heavy (non-hydrogen) atoms. The minimum atomic E-state index is -4.03. The molecule has 2 aromatic heterocycles. The highest BCUT2D eigenvalue weighted by Gasteiger charge is 2.39. The maximum absolute atomic E-state index is 12.7. The normalized spacial score (nSPS) is 12.1. The molecule has 0 fully saturated rings. The number of nitrogens with zero attached hydrogens (tertiary/aromatic N) is 2. The number of nitrogens with one attached hydrogen (secondary N) is 1. The van der Waals surface area contributed by atoms with E-state index in [4.69, 9.17) is 0 Å². The first-order valence-electron chi connectivity index (χ1n) is 5.71. The van der Waals surface area contributed by atoms with Crippen molar-refractivity contribution in [3.63, 3.8) is 0 Å². The molecule has 0 spiro atoms. The summed E-state index contributed by atoms with van der Waals surface area (Å²) in [7, 11) is 0. The van der Waals surface area contributed by atoms with Gasteiger partial charge in [-0.3, -0.25) is 4.98 Å².